The van der Waals surface area contributed by atoms with Gasteiger partial charge in [-0.05, 0) is 45.2 Å². The second kappa shape index (κ2) is 8.83. The van der Waals surface area contributed by atoms with Crippen LogP contribution in [0.2, 0.25) is 0 Å². The van der Waals surface area contributed by atoms with E-state index in [4.69, 9.17) is 0 Å². The van der Waals surface area contributed by atoms with Crippen molar-refractivity contribution in [3.05, 3.63) is 35.4 Å². The first-order chi connectivity index (χ1) is 11.1. The highest BCUT2D eigenvalue weighted by Gasteiger charge is 2.19. The average molecular weight is 334 g/mol. The molecule has 0 aliphatic heterocycles. The largest absolute Gasteiger partial charge is 0.347 e. The maximum atomic E-state index is 12.2. The van der Waals surface area contributed by atoms with Crippen molar-refractivity contribution in [1.29, 1.82) is 0 Å². The second-order valence-corrected chi connectivity index (χ2v) is 7.49. The van der Waals surface area contributed by atoms with Crippen LogP contribution in [0.4, 0.5) is 0 Å². The molecule has 24 heavy (non-hydrogen) atoms. The van der Waals surface area contributed by atoms with E-state index in [-0.39, 0.29) is 36.5 Å². The highest BCUT2D eigenvalue weighted by Crippen LogP contribution is 2.13. The summed E-state index contributed by atoms with van der Waals surface area (Å²) < 4.78 is 0. The van der Waals surface area contributed by atoms with Gasteiger partial charge in [-0.1, -0.05) is 31.2 Å². The van der Waals surface area contributed by atoms with Crippen LogP contribution in [-0.4, -0.2) is 37.5 Å². The lowest BCUT2D eigenvalue weighted by atomic mass is 10.1. The Hall–Kier alpha value is -1.88. The van der Waals surface area contributed by atoms with E-state index in [1.165, 1.54) is 5.56 Å². The molecule has 0 aliphatic rings. The molecule has 0 saturated heterocycles. The summed E-state index contributed by atoms with van der Waals surface area (Å²) in [6, 6.07) is 8.24. The van der Waals surface area contributed by atoms with Gasteiger partial charge in [0.1, 0.15) is 0 Å². The van der Waals surface area contributed by atoms with E-state index in [1.807, 2.05) is 34.7 Å². The van der Waals surface area contributed by atoms with E-state index < -0.39 is 0 Å². The van der Waals surface area contributed by atoms with Gasteiger partial charge in [-0.2, -0.15) is 0 Å². The van der Waals surface area contributed by atoms with Gasteiger partial charge in [-0.3, -0.25) is 9.59 Å². The Morgan fingerprint density at radius 1 is 1.08 bits per heavy atom. The number of hydrogen-bond acceptors (Lipinski definition) is 2. The number of amides is 2. The highest BCUT2D eigenvalue weighted by atomic mass is 16.2. The van der Waals surface area contributed by atoms with Gasteiger partial charge in [0, 0.05) is 5.54 Å². The van der Waals surface area contributed by atoms with Crippen LogP contribution in [-0.2, 0) is 16.0 Å². The number of likely N-dealkylation sites (N-methyl/N-ethyl adjacent to an activating group) is 1. The quantitative estimate of drug-likeness (QED) is 0.692. The third-order valence-electron chi connectivity index (χ3n) is 3.70. The van der Waals surface area contributed by atoms with Crippen LogP contribution in [0.25, 0.3) is 0 Å². The molecule has 3 N–H and O–H groups in total. The van der Waals surface area contributed by atoms with Crippen molar-refractivity contribution in [3.8, 4) is 0 Å². The van der Waals surface area contributed by atoms with E-state index in [9.17, 15) is 9.59 Å². The van der Waals surface area contributed by atoms with Crippen molar-refractivity contribution < 1.29 is 14.5 Å². The summed E-state index contributed by atoms with van der Waals surface area (Å²) in [5.41, 5.74) is 2.12. The molecule has 1 rings (SSSR count). The zero-order valence-electron chi connectivity index (χ0n) is 15.8. The van der Waals surface area contributed by atoms with Gasteiger partial charge in [-0.15, -0.1) is 0 Å². The Morgan fingerprint density at radius 2 is 1.62 bits per heavy atom. The van der Waals surface area contributed by atoms with Gasteiger partial charge in [0.05, 0.1) is 13.1 Å². The summed E-state index contributed by atoms with van der Waals surface area (Å²) >= 11 is 0. The smallest absolute Gasteiger partial charge is 0.275 e. The lowest BCUT2D eigenvalue weighted by Crippen LogP contribution is -3.11. The Balaban J connectivity index is 2.45. The SMILES string of the molecule is CCc1ccc([C@H](C)NC(=O)C[NH+](C)CC(=O)NC(C)(C)C)cc1. The lowest BCUT2D eigenvalue weighted by Gasteiger charge is -2.22. The number of aryl methyl sites for hydroxylation is 1. The number of carbonyl (C=O) groups is 2. The topological polar surface area (TPSA) is 62.6 Å². The Labute approximate surface area is 145 Å². The molecular weight excluding hydrogens is 302 g/mol. The third kappa shape index (κ3) is 7.59. The van der Waals surface area contributed by atoms with E-state index in [0.717, 1.165) is 16.9 Å². The fourth-order valence-corrected chi connectivity index (χ4v) is 2.49. The van der Waals surface area contributed by atoms with Gasteiger partial charge >= 0.3 is 0 Å². The van der Waals surface area contributed by atoms with Gasteiger partial charge in [0.2, 0.25) is 0 Å². The highest BCUT2D eigenvalue weighted by molar-refractivity contribution is 5.79. The molecule has 0 fully saturated rings. The van der Waals surface area contributed by atoms with Crippen LogP contribution in [0.1, 0.15) is 51.8 Å². The van der Waals surface area contributed by atoms with Crippen LogP contribution < -0.4 is 15.5 Å². The molecule has 5 nitrogen and oxygen atoms in total. The van der Waals surface area contributed by atoms with E-state index >= 15 is 0 Å². The first kappa shape index (κ1) is 20.2. The Morgan fingerprint density at radius 3 is 2.12 bits per heavy atom. The first-order valence-electron chi connectivity index (χ1n) is 8.61. The summed E-state index contributed by atoms with van der Waals surface area (Å²) in [5, 5.41) is 5.90. The van der Waals surface area contributed by atoms with Crippen LogP contribution in [0.3, 0.4) is 0 Å². The standard InChI is InChI=1S/C19H31N3O2/c1-7-15-8-10-16(11-9-15)14(2)20-17(23)12-22(6)13-18(24)21-19(3,4)5/h8-11,14H,7,12-13H2,1-6H3,(H,20,23)(H,21,24)/p+1/t14-/m0/s1. The van der Waals surface area contributed by atoms with Crippen molar-refractivity contribution in [1.82, 2.24) is 10.6 Å². The minimum absolute atomic E-state index is 0.0420. The summed E-state index contributed by atoms with van der Waals surface area (Å²) in [4.78, 5) is 24.9. The van der Waals surface area contributed by atoms with Crippen molar-refractivity contribution in [3.63, 3.8) is 0 Å². The molecule has 0 aliphatic carbocycles. The van der Waals surface area contributed by atoms with Gasteiger partial charge in [0.15, 0.2) is 13.1 Å². The average Bonchev–Trinajstić information content (AvgIpc) is 2.44. The maximum Gasteiger partial charge on any atom is 0.275 e. The third-order valence-corrected chi connectivity index (χ3v) is 3.70. The number of nitrogens with one attached hydrogen (secondary N) is 3. The van der Waals surface area contributed by atoms with E-state index in [1.54, 1.807) is 0 Å². The molecule has 0 spiro atoms. The zero-order chi connectivity index (χ0) is 18.3. The molecule has 5 heteroatoms. The van der Waals surface area contributed by atoms with Crippen molar-refractivity contribution in [2.45, 2.75) is 52.6 Å². The summed E-state index contributed by atoms with van der Waals surface area (Å²) in [7, 11) is 1.85. The second-order valence-electron chi connectivity index (χ2n) is 7.49. The molecule has 0 radical (unpaired) electrons. The zero-order valence-corrected chi connectivity index (χ0v) is 15.8. The molecule has 0 aromatic heterocycles. The molecule has 0 saturated carbocycles. The molecule has 134 valence electrons. The van der Waals surface area contributed by atoms with Gasteiger partial charge < -0.3 is 15.5 Å². The monoisotopic (exact) mass is 334 g/mol. The first-order valence-corrected chi connectivity index (χ1v) is 8.61. The Bertz CT molecular complexity index is 547. The van der Waals surface area contributed by atoms with E-state index in [2.05, 4.69) is 41.8 Å². The van der Waals surface area contributed by atoms with Crippen molar-refractivity contribution in [2.24, 2.45) is 0 Å². The number of carbonyl (C=O) groups excluding carboxylic acids is 2. The molecule has 2 atom stereocenters. The predicted octanol–water partition coefficient (Wildman–Crippen LogP) is 0.856. The van der Waals surface area contributed by atoms with Crippen LogP contribution >= 0.6 is 0 Å². The molecule has 1 aromatic carbocycles. The molecular formula is C19H32N3O2+. The lowest BCUT2D eigenvalue weighted by molar-refractivity contribution is -0.862. The van der Waals surface area contributed by atoms with Gasteiger partial charge in [0.25, 0.3) is 11.8 Å². The summed E-state index contributed by atoms with van der Waals surface area (Å²) in [6.07, 6.45) is 1.01. The van der Waals surface area contributed by atoms with Crippen molar-refractivity contribution >= 4 is 11.8 Å². The van der Waals surface area contributed by atoms with Crippen LogP contribution in [0, 0.1) is 0 Å². The number of hydrogen-bond donors (Lipinski definition) is 3. The summed E-state index contributed by atoms with van der Waals surface area (Å²) in [5.74, 6) is -0.0980. The van der Waals surface area contributed by atoms with Crippen molar-refractivity contribution in [2.75, 3.05) is 20.1 Å². The van der Waals surface area contributed by atoms with E-state index in [0.29, 0.717) is 0 Å². The minimum atomic E-state index is -0.251. The molecule has 2 amide bonds. The normalized spacial score (nSPS) is 13.9. The van der Waals surface area contributed by atoms with Crippen LogP contribution in [0.15, 0.2) is 24.3 Å². The molecule has 1 aromatic rings. The Kier molecular flexibility index (Phi) is 7.42. The molecule has 0 bridgehead atoms. The number of rotatable bonds is 7. The molecule has 1 unspecified atom stereocenters. The maximum absolute atomic E-state index is 12.2. The minimum Gasteiger partial charge on any atom is -0.347 e. The fraction of sp³-hybridized carbons (Fsp3) is 0.579. The number of benzene rings is 1. The molecule has 0 heterocycles. The van der Waals surface area contributed by atoms with Crippen LogP contribution in [0.5, 0.6) is 0 Å². The fourth-order valence-electron chi connectivity index (χ4n) is 2.49. The number of quaternary nitrogens is 1. The summed E-state index contributed by atoms with van der Waals surface area (Å²) in [6.45, 7) is 10.5. The predicted molar refractivity (Wildman–Crippen MR) is 96.9 cm³/mol. The van der Waals surface area contributed by atoms with Gasteiger partial charge in [-0.25, -0.2) is 0 Å².